The van der Waals surface area contributed by atoms with Crippen LogP contribution in [0.5, 0.6) is 0 Å². The summed E-state index contributed by atoms with van der Waals surface area (Å²) < 4.78 is 40.1. The highest BCUT2D eigenvalue weighted by Crippen LogP contribution is 2.25. The van der Waals surface area contributed by atoms with Gasteiger partial charge in [-0.25, -0.2) is 13.2 Å². The number of halogens is 4. The fourth-order valence-electron chi connectivity index (χ4n) is 1.66. The molecule has 0 fully saturated rings. The van der Waals surface area contributed by atoms with Crippen molar-refractivity contribution in [2.24, 2.45) is 0 Å². The van der Waals surface area contributed by atoms with Crippen LogP contribution in [0.15, 0.2) is 34.8 Å². The number of rotatable bonds is 2. The van der Waals surface area contributed by atoms with E-state index in [0.29, 0.717) is 6.07 Å². The van der Waals surface area contributed by atoms with Crippen LogP contribution >= 0.6 is 15.9 Å². The van der Waals surface area contributed by atoms with E-state index < -0.39 is 23.2 Å². The van der Waals surface area contributed by atoms with Crippen LogP contribution in [0.1, 0.15) is 21.5 Å². The number of benzene rings is 2. The summed E-state index contributed by atoms with van der Waals surface area (Å²) in [6.07, 6.45) is 0. The van der Waals surface area contributed by atoms with Gasteiger partial charge in [0.2, 0.25) is 0 Å². The van der Waals surface area contributed by atoms with E-state index in [4.69, 9.17) is 0 Å². The van der Waals surface area contributed by atoms with Crippen molar-refractivity contribution in [3.05, 3.63) is 68.9 Å². The summed E-state index contributed by atoms with van der Waals surface area (Å²) in [6, 6.07) is 5.66. The molecule has 0 saturated carbocycles. The minimum atomic E-state index is -0.968. The topological polar surface area (TPSA) is 17.1 Å². The molecule has 0 aliphatic carbocycles. The van der Waals surface area contributed by atoms with Crippen LogP contribution in [-0.2, 0) is 0 Å². The molecule has 0 aliphatic heterocycles. The molecule has 98 valence electrons. The maximum Gasteiger partial charge on any atom is 0.197 e. The lowest BCUT2D eigenvalue weighted by atomic mass is 10.0. The fraction of sp³-hybridized carbons (Fsp3) is 0.0714. The molecule has 0 amide bonds. The van der Waals surface area contributed by atoms with Crippen LogP contribution in [0.3, 0.4) is 0 Å². The van der Waals surface area contributed by atoms with E-state index in [-0.39, 0.29) is 21.2 Å². The van der Waals surface area contributed by atoms with Gasteiger partial charge >= 0.3 is 0 Å². The third-order valence-corrected chi connectivity index (χ3v) is 3.50. The summed E-state index contributed by atoms with van der Waals surface area (Å²) in [5, 5.41) is 0. The molecule has 0 N–H and O–H groups in total. The second-order valence-electron chi connectivity index (χ2n) is 4.01. The Bertz CT molecular complexity index is 668. The average Bonchev–Trinajstić information content (AvgIpc) is 2.36. The van der Waals surface area contributed by atoms with Gasteiger partial charge in [0.25, 0.3) is 0 Å². The molecule has 0 bridgehead atoms. The quantitative estimate of drug-likeness (QED) is 0.746. The van der Waals surface area contributed by atoms with Crippen molar-refractivity contribution < 1.29 is 18.0 Å². The Hall–Kier alpha value is -1.62. The van der Waals surface area contributed by atoms with Gasteiger partial charge in [0, 0.05) is 11.6 Å². The summed E-state index contributed by atoms with van der Waals surface area (Å²) >= 11 is 2.94. The minimum Gasteiger partial charge on any atom is -0.288 e. The number of carbonyl (C=O) groups is 1. The molecule has 1 nitrogen and oxygen atoms in total. The van der Waals surface area contributed by atoms with Crippen LogP contribution in [-0.4, -0.2) is 5.78 Å². The molecule has 0 radical (unpaired) electrons. The second-order valence-corrected chi connectivity index (χ2v) is 4.80. The zero-order valence-corrected chi connectivity index (χ0v) is 11.4. The molecular formula is C14H8BrF3O. The van der Waals surface area contributed by atoms with Crippen LogP contribution in [0.25, 0.3) is 0 Å². The summed E-state index contributed by atoms with van der Waals surface area (Å²) in [7, 11) is 0. The minimum absolute atomic E-state index is 0.00934. The molecule has 0 aromatic heterocycles. The van der Waals surface area contributed by atoms with E-state index in [0.717, 1.165) is 6.07 Å². The van der Waals surface area contributed by atoms with Crippen molar-refractivity contribution in [1.82, 2.24) is 0 Å². The van der Waals surface area contributed by atoms with Gasteiger partial charge in [-0.2, -0.15) is 0 Å². The van der Waals surface area contributed by atoms with Gasteiger partial charge in [0.1, 0.15) is 17.5 Å². The van der Waals surface area contributed by atoms with Crippen molar-refractivity contribution >= 4 is 21.7 Å². The molecule has 2 rings (SSSR count). The van der Waals surface area contributed by atoms with Crippen molar-refractivity contribution in [2.75, 3.05) is 0 Å². The Balaban J connectivity index is 2.56. The van der Waals surface area contributed by atoms with Gasteiger partial charge in [-0.1, -0.05) is 6.07 Å². The average molecular weight is 329 g/mol. The van der Waals surface area contributed by atoms with Crippen molar-refractivity contribution in [3.8, 4) is 0 Å². The highest BCUT2D eigenvalue weighted by atomic mass is 79.9. The molecule has 2 aromatic carbocycles. The number of ketones is 1. The Morgan fingerprint density at radius 1 is 1.00 bits per heavy atom. The normalized spacial score (nSPS) is 10.6. The first-order valence-electron chi connectivity index (χ1n) is 5.36. The first-order valence-corrected chi connectivity index (χ1v) is 6.15. The number of hydrogen-bond donors (Lipinski definition) is 0. The van der Waals surface area contributed by atoms with E-state index >= 15 is 0 Å². The van der Waals surface area contributed by atoms with E-state index in [1.165, 1.54) is 25.1 Å². The van der Waals surface area contributed by atoms with Gasteiger partial charge in [-0.05, 0) is 46.6 Å². The first-order chi connectivity index (χ1) is 8.91. The van der Waals surface area contributed by atoms with E-state index in [2.05, 4.69) is 15.9 Å². The summed E-state index contributed by atoms with van der Waals surface area (Å²) in [5.41, 5.74) is -0.146. The second kappa shape index (κ2) is 5.17. The molecule has 0 spiro atoms. The molecule has 0 atom stereocenters. The lowest BCUT2D eigenvalue weighted by Crippen LogP contribution is -2.07. The molecular weight excluding hydrogens is 321 g/mol. The predicted molar refractivity (Wildman–Crippen MR) is 68.6 cm³/mol. The van der Waals surface area contributed by atoms with Crippen LogP contribution in [0.2, 0.25) is 0 Å². The van der Waals surface area contributed by atoms with Crippen LogP contribution in [0, 0.1) is 24.4 Å². The molecule has 2 aromatic rings. The predicted octanol–water partition coefficient (Wildman–Crippen LogP) is 4.41. The summed E-state index contributed by atoms with van der Waals surface area (Å²) in [6.45, 7) is 1.42. The third-order valence-electron chi connectivity index (χ3n) is 2.69. The van der Waals surface area contributed by atoms with Gasteiger partial charge in [-0.3, -0.25) is 4.79 Å². The monoisotopic (exact) mass is 328 g/mol. The molecule has 0 heterocycles. The highest BCUT2D eigenvalue weighted by Gasteiger charge is 2.19. The lowest BCUT2D eigenvalue weighted by molar-refractivity contribution is 0.103. The van der Waals surface area contributed by atoms with Gasteiger partial charge in [-0.15, -0.1) is 0 Å². The Kier molecular flexibility index (Phi) is 3.75. The maximum absolute atomic E-state index is 13.6. The molecule has 0 unspecified atom stereocenters. The van der Waals surface area contributed by atoms with E-state index in [1.807, 2.05) is 0 Å². The first kappa shape index (κ1) is 13.8. The Morgan fingerprint density at radius 2 is 1.68 bits per heavy atom. The van der Waals surface area contributed by atoms with Gasteiger partial charge in [0.15, 0.2) is 5.78 Å². The van der Waals surface area contributed by atoms with E-state index in [1.54, 1.807) is 0 Å². The summed E-state index contributed by atoms with van der Waals surface area (Å²) in [4.78, 5) is 12.1. The highest BCUT2D eigenvalue weighted by molar-refractivity contribution is 9.10. The zero-order valence-electron chi connectivity index (χ0n) is 9.81. The molecule has 0 saturated heterocycles. The van der Waals surface area contributed by atoms with Crippen molar-refractivity contribution in [2.45, 2.75) is 6.92 Å². The Labute approximate surface area is 116 Å². The number of carbonyl (C=O) groups excluding carboxylic acids is 1. The lowest BCUT2D eigenvalue weighted by Gasteiger charge is -2.07. The SMILES string of the molecule is Cc1cc(C(=O)c2cccc(F)c2Br)c(F)cc1F. The smallest absolute Gasteiger partial charge is 0.197 e. The zero-order chi connectivity index (χ0) is 14.2. The number of hydrogen-bond acceptors (Lipinski definition) is 1. The standard InChI is InChI=1S/C14H8BrF3O/c1-7-5-9(12(18)6-11(7)17)14(19)8-3-2-4-10(16)13(8)15/h2-6H,1H3. The van der Waals surface area contributed by atoms with Gasteiger partial charge in [0.05, 0.1) is 10.0 Å². The third kappa shape index (κ3) is 2.56. The Morgan fingerprint density at radius 3 is 2.37 bits per heavy atom. The maximum atomic E-state index is 13.6. The molecule has 5 heteroatoms. The van der Waals surface area contributed by atoms with Gasteiger partial charge < -0.3 is 0 Å². The fourth-order valence-corrected chi connectivity index (χ4v) is 2.10. The molecule has 0 aliphatic rings. The molecule has 19 heavy (non-hydrogen) atoms. The van der Waals surface area contributed by atoms with Crippen LogP contribution < -0.4 is 0 Å². The van der Waals surface area contributed by atoms with Crippen LogP contribution in [0.4, 0.5) is 13.2 Å². The largest absolute Gasteiger partial charge is 0.288 e. The summed E-state index contributed by atoms with van der Waals surface area (Å²) in [5.74, 6) is -3.02. The number of aryl methyl sites for hydroxylation is 1. The van der Waals surface area contributed by atoms with Crippen molar-refractivity contribution in [3.63, 3.8) is 0 Å². The van der Waals surface area contributed by atoms with Crippen molar-refractivity contribution in [1.29, 1.82) is 0 Å². The van der Waals surface area contributed by atoms with E-state index in [9.17, 15) is 18.0 Å².